The summed E-state index contributed by atoms with van der Waals surface area (Å²) < 4.78 is 13.5. The smallest absolute Gasteiger partial charge is 0.338 e. The third-order valence-corrected chi connectivity index (χ3v) is 7.45. The van der Waals surface area contributed by atoms with Gasteiger partial charge in [-0.25, -0.2) is 9.79 Å². The highest BCUT2D eigenvalue weighted by Crippen LogP contribution is 2.31. The fourth-order valence-corrected chi connectivity index (χ4v) is 5.72. The van der Waals surface area contributed by atoms with Crippen LogP contribution in [0.4, 0.5) is 5.88 Å². The standard InChI is InChI=1S/C27H29N3O4S/c1-4-33-26(32)23-18(3)28-27-30(24(23)19-10-8-17(2)9-11-19)25(31)21(35-27)16-20-12-13-22(34-20)29-14-6-5-7-15-29/h8-13,16,24H,4-7,14-15H2,1-3H3/b21-16+. The lowest BCUT2D eigenvalue weighted by atomic mass is 9.95. The summed E-state index contributed by atoms with van der Waals surface area (Å²) in [7, 11) is 0. The molecular formula is C27H29N3O4S. The van der Waals surface area contributed by atoms with E-state index in [1.54, 1.807) is 24.5 Å². The molecule has 0 amide bonds. The normalized spacial score (nSPS) is 18.4. The molecule has 0 saturated carbocycles. The molecule has 1 unspecified atom stereocenters. The van der Waals surface area contributed by atoms with Crippen LogP contribution in [0.15, 0.2) is 61.9 Å². The van der Waals surface area contributed by atoms with Crippen LogP contribution < -0.4 is 19.8 Å². The van der Waals surface area contributed by atoms with Crippen molar-refractivity contribution >= 4 is 29.3 Å². The SMILES string of the molecule is CCOC(=O)C1=C(C)N=c2s/c(=C/c3ccc(N4CCCCC4)o3)c(=O)n2C1c1ccc(C)cc1. The van der Waals surface area contributed by atoms with Crippen LogP contribution in [0.1, 0.15) is 56.0 Å². The van der Waals surface area contributed by atoms with Crippen molar-refractivity contribution in [2.24, 2.45) is 4.99 Å². The topological polar surface area (TPSA) is 77.0 Å². The number of ether oxygens (including phenoxy) is 1. The van der Waals surface area contributed by atoms with Gasteiger partial charge < -0.3 is 14.1 Å². The van der Waals surface area contributed by atoms with E-state index in [-0.39, 0.29) is 12.2 Å². The van der Waals surface area contributed by atoms with Gasteiger partial charge in [-0.05, 0) is 51.7 Å². The number of carbonyl (C=O) groups excluding carboxylic acids is 1. The van der Waals surface area contributed by atoms with E-state index in [9.17, 15) is 9.59 Å². The summed E-state index contributed by atoms with van der Waals surface area (Å²) in [5.74, 6) is 1.01. The number of thiazole rings is 1. The Morgan fingerprint density at radius 2 is 1.89 bits per heavy atom. The first-order valence-electron chi connectivity index (χ1n) is 12.1. The molecule has 4 heterocycles. The second-order valence-electron chi connectivity index (χ2n) is 8.94. The Morgan fingerprint density at radius 3 is 2.60 bits per heavy atom. The summed E-state index contributed by atoms with van der Waals surface area (Å²) in [6, 6.07) is 11.1. The molecular weight excluding hydrogens is 462 g/mol. The Balaban J connectivity index is 1.60. The van der Waals surface area contributed by atoms with Gasteiger partial charge in [-0.15, -0.1) is 0 Å². The number of allylic oxidation sites excluding steroid dienone is 1. The molecule has 182 valence electrons. The number of aryl methyl sites for hydroxylation is 1. The molecule has 5 rings (SSSR count). The molecule has 1 saturated heterocycles. The number of nitrogens with zero attached hydrogens (tertiary/aromatic N) is 3. The minimum atomic E-state index is -0.603. The number of hydrogen-bond acceptors (Lipinski definition) is 7. The minimum absolute atomic E-state index is 0.204. The Bertz CT molecular complexity index is 1450. The summed E-state index contributed by atoms with van der Waals surface area (Å²) in [5.41, 5.74) is 2.68. The number of carbonyl (C=O) groups is 1. The van der Waals surface area contributed by atoms with Crippen molar-refractivity contribution in [1.29, 1.82) is 0 Å². The number of fused-ring (bicyclic) bond motifs is 1. The first-order valence-corrected chi connectivity index (χ1v) is 12.9. The van der Waals surface area contributed by atoms with Crippen LogP contribution in [0.2, 0.25) is 0 Å². The fourth-order valence-electron chi connectivity index (χ4n) is 4.69. The number of hydrogen-bond donors (Lipinski definition) is 0. The van der Waals surface area contributed by atoms with Gasteiger partial charge in [0.15, 0.2) is 10.7 Å². The number of piperidine rings is 1. The molecule has 1 aromatic carbocycles. The van der Waals surface area contributed by atoms with Crippen molar-refractivity contribution in [1.82, 2.24) is 4.57 Å². The van der Waals surface area contributed by atoms with E-state index in [1.165, 1.54) is 17.8 Å². The van der Waals surface area contributed by atoms with Crippen LogP contribution in [0.5, 0.6) is 0 Å². The first-order chi connectivity index (χ1) is 17.0. The van der Waals surface area contributed by atoms with Crippen LogP contribution in [-0.4, -0.2) is 30.2 Å². The maximum atomic E-state index is 13.7. The van der Waals surface area contributed by atoms with E-state index in [0.717, 1.165) is 42.9 Å². The molecule has 2 aromatic heterocycles. The molecule has 0 N–H and O–H groups in total. The van der Waals surface area contributed by atoms with Gasteiger partial charge in [-0.3, -0.25) is 9.36 Å². The molecule has 0 spiro atoms. The Kier molecular flexibility index (Phi) is 6.47. The number of furan rings is 1. The monoisotopic (exact) mass is 491 g/mol. The van der Waals surface area contributed by atoms with Crippen molar-refractivity contribution < 1.29 is 13.9 Å². The Hall–Kier alpha value is -3.39. The molecule has 0 radical (unpaired) electrons. The maximum absolute atomic E-state index is 13.7. The number of aromatic nitrogens is 1. The zero-order valence-electron chi connectivity index (χ0n) is 20.2. The van der Waals surface area contributed by atoms with Gasteiger partial charge in [0.05, 0.1) is 28.5 Å². The van der Waals surface area contributed by atoms with Crippen molar-refractivity contribution in [3.63, 3.8) is 0 Å². The van der Waals surface area contributed by atoms with Gasteiger partial charge in [-0.2, -0.15) is 0 Å². The highest BCUT2D eigenvalue weighted by atomic mass is 32.1. The molecule has 0 aliphatic carbocycles. The highest BCUT2D eigenvalue weighted by Gasteiger charge is 2.33. The van der Waals surface area contributed by atoms with Crippen molar-refractivity contribution in [2.45, 2.75) is 46.1 Å². The van der Waals surface area contributed by atoms with Crippen LogP contribution in [-0.2, 0) is 9.53 Å². The van der Waals surface area contributed by atoms with Crippen LogP contribution in [0, 0.1) is 6.92 Å². The molecule has 8 heteroatoms. The van der Waals surface area contributed by atoms with Crippen molar-refractivity contribution in [3.05, 3.63) is 84.2 Å². The van der Waals surface area contributed by atoms with E-state index in [1.807, 2.05) is 43.3 Å². The van der Waals surface area contributed by atoms with Gasteiger partial charge in [-0.1, -0.05) is 41.2 Å². The number of anilines is 1. The molecule has 2 aliphatic heterocycles. The Labute approximate surface area is 207 Å². The van der Waals surface area contributed by atoms with Crippen molar-refractivity contribution in [2.75, 3.05) is 24.6 Å². The van der Waals surface area contributed by atoms with E-state index in [2.05, 4.69) is 9.89 Å². The number of rotatable bonds is 5. The molecule has 1 atom stereocenters. The lowest BCUT2D eigenvalue weighted by Crippen LogP contribution is -2.39. The molecule has 2 aliphatic rings. The van der Waals surface area contributed by atoms with Gasteiger partial charge in [0.1, 0.15) is 5.76 Å². The fraction of sp³-hybridized carbons (Fsp3) is 0.370. The average Bonchev–Trinajstić information content (AvgIpc) is 3.44. The number of esters is 1. The zero-order chi connectivity index (χ0) is 24.5. The minimum Gasteiger partial charge on any atom is -0.463 e. The third-order valence-electron chi connectivity index (χ3n) is 6.46. The summed E-state index contributed by atoms with van der Waals surface area (Å²) >= 11 is 1.30. The highest BCUT2D eigenvalue weighted by molar-refractivity contribution is 7.07. The molecule has 1 fully saturated rings. The molecule has 0 bridgehead atoms. The predicted octanol–water partition coefficient (Wildman–Crippen LogP) is 3.69. The van der Waals surface area contributed by atoms with Gasteiger partial charge >= 0.3 is 5.97 Å². The van der Waals surface area contributed by atoms with Crippen LogP contribution in [0.25, 0.3) is 6.08 Å². The van der Waals surface area contributed by atoms with Gasteiger partial charge in [0.25, 0.3) is 5.56 Å². The quantitative estimate of drug-likeness (QED) is 0.509. The molecule has 3 aromatic rings. The van der Waals surface area contributed by atoms with E-state index in [0.29, 0.717) is 26.4 Å². The van der Waals surface area contributed by atoms with Crippen LogP contribution in [0.3, 0.4) is 0 Å². The zero-order valence-corrected chi connectivity index (χ0v) is 21.1. The maximum Gasteiger partial charge on any atom is 0.338 e. The first kappa shape index (κ1) is 23.4. The average molecular weight is 492 g/mol. The summed E-state index contributed by atoms with van der Waals surface area (Å²) in [6.45, 7) is 7.79. The van der Waals surface area contributed by atoms with E-state index in [4.69, 9.17) is 9.15 Å². The van der Waals surface area contributed by atoms with Crippen LogP contribution >= 0.6 is 11.3 Å². The largest absolute Gasteiger partial charge is 0.463 e. The van der Waals surface area contributed by atoms with E-state index >= 15 is 0 Å². The van der Waals surface area contributed by atoms with E-state index < -0.39 is 12.0 Å². The Morgan fingerprint density at radius 1 is 1.14 bits per heavy atom. The summed E-state index contributed by atoms with van der Waals surface area (Å²) in [4.78, 5) is 34.0. The number of benzene rings is 1. The van der Waals surface area contributed by atoms with Gasteiger partial charge in [0, 0.05) is 25.2 Å². The summed E-state index contributed by atoms with van der Waals surface area (Å²) in [6.07, 6.45) is 5.35. The lowest BCUT2D eigenvalue weighted by Gasteiger charge is -2.25. The molecule has 35 heavy (non-hydrogen) atoms. The predicted molar refractivity (Wildman–Crippen MR) is 136 cm³/mol. The molecule has 7 nitrogen and oxygen atoms in total. The summed E-state index contributed by atoms with van der Waals surface area (Å²) in [5, 5.41) is 0. The van der Waals surface area contributed by atoms with Crippen molar-refractivity contribution in [3.8, 4) is 0 Å². The second kappa shape index (κ2) is 9.70. The lowest BCUT2D eigenvalue weighted by molar-refractivity contribution is -0.139. The second-order valence-corrected chi connectivity index (χ2v) is 9.95. The van der Waals surface area contributed by atoms with Gasteiger partial charge in [0.2, 0.25) is 0 Å². The third kappa shape index (κ3) is 4.50.